The number of methoxy groups -OCH3 is 1. The van der Waals surface area contributed by atoms with Gasteiger partial charge < -0.3 is 14.7 Å². The Morgan fingerprint density at radius 1 is 0.382 bits per heavy atom. The van der Waals surface area contributed by atoms with E-state index in [-0.39, 0.29) is 16.8 Å². The van der Waals surface area contributed by atoms with Gasteiger partial charge in [0.2, 0.25) is 5.82 Å². The lowest BCUT2D eigenvalue weighted by Crippen LogP contribution is -2.05. The minimum absolute atomic E-state index is 0.0184. The average Bonchev–Trinajstić information content (AvgIpc) is 4.06. The molecule has 2 N–H and O–H groups in total. The van der Waals surface area contributed by atoms with E-state index in [0.29, 0.717) is 45.0 Å². The highest BCUT2D eigenvalue weighted by atomic mass is 19.2. The maximum Gasteiger partial charge on any atom is 0.200 e. The van der Waals surface area contributed by atoms with Gasteiger partial charge in [0.15, 0.2) is 23.3 Å². The van der Waals surface area contributed by atoms with E-state index >= 15 is 8.78 Å². The van der Waals surface area contributed by atoms with Crippen LogP contribution < -0.4 is 4.74 Å². The molecule has 10 heteroatoms. The van der Waals surface area contributed by atoms with Crippen molar-refractivity contribution in [2.24, 2.45) is 0 Å². The summed E-state index contributed by atoms with van der Waals surface area (Å²) in [7, 11) is 1.56. The molecule has 3 aromatic heterocycles. The molecule has 0 amide bonds. The van der Waals surface area contributed by atoms with Gasteiger partial charge in [-0.05, 0) is 77.4 Å². The van der Waals surface area contributed by atoms with E-state index in [2.05, 4.69) is 9.97 Å². The molecule has 0 unspecified atom stereocenters. The van der Waals surface area contributed by atoms with Crippen LogP contribution in [0.2, 0.25) is 0 Å². The lowest BCUT2D eigenvalue weighted by molar-refractivity contribution is 0.381. The molecule has 0 saturated heterocycles. The second-order valence-electron chi connectivity index (χ2n) is 12.9. The third-order valence-corrected chi connectivity index (χ3v) is 9.72. The van der Waals surface area contributed by atoms with Crippen molar-refractivity contribution in [2.75, 3.05) is 7.11 Å². The van der Waals surface area contributed by atoms with Crippen molar-refractivity contribution in [3.05, 3.63) is 161 Å². The molecule has 0 fully saturated rings. The molecule has 2 aliphatic heterocycles. The monoisotopic (exact) mass is 734 g/mol. The summed E-state index contributed by atoms with van der Waals surface area (Å²) in [5.41, 5.74) is 6.66. The summed E-state index contributed by atoms with van der Waals surface area (Å²) < 4.78 is 81.2. The van der Waals surface area contributed by atoms with E-state index in [1.165, 1.54) is 12.1 Å². The Morgan fingerprint density at radius 3 is 1.13 bits per heavy atom. The maximum atomic E-state index is 15.8. The molecule has 9 rings (SSSR count). The molecule has 8 bridgehead atoms. The highest BCUT2D eigenvalue weighted by Crippen LogP contribution is 2.40. The van der Waals surface area contributed by atoms with Crippen LogP contribution >= 0.6 is 0 Å². The van der Waals surface area contributed by atoms with Crippen LogP contribution in [0.4, 0.5) is 22.0 Å². The average molecular weight is 735 g/mol. The normalized spacial score (nSPS) is 12.0. The highest BCUT2D eigenvalue weighted by Gasteiger charge is 2.29. The van der Waals surface area contributed by atoms with Crippen LogP contribution in [0.15, 0.2) is 109 Å². The Morgan fingerprint density at radius 2 is 0.727 bits per heavy atom. The van der Waals surface area contributed by atoms with Crippen LogP contribution in [0.25, 0.3) is 90.9 Å². The summed E-state index contributed by atoms with van der Waals surface area (Å²) in [6, 6.07) is 33.7. The van der Waals surface area contributed by atoms with Gasteiger partial charge in [0, 0.05) is 44.3 Å². The number of rotatable bonds is 5. The zero-order chi connectivity index (χ0) is 37.8. The van der Waals surface area contributed by atoms with E-state index in [1.54, 1.807) is 31.4 Å². The molecule has 0 spiro atoms. The van der Waals surface area contributed by atoms with Crippen LogP contribution in [0.1, 0.15) is 22.8 Å². The van der Waals surface area contributed by atoms with Gasteiger partial charge in [0.05, 0.1) is 35.4 Å². The summed E-state index contributed by atoms with van der Waals surface area (Å²) in [4.78, 5) is 16.8. The van der Waals surface area contributed by atoms with E-state index in [4.69, 9.17) is 14.7 Å². The number of ether oxygens (including phenoxy) is 1. The van der Waals surface area contributed by atoms with Gasteiger partial charge >= 0.3 is 0 Å². The summed E-state index contributed by atoms with van der Waals surface area (Å²) >= 11 is 0. The van der Waals surface area contributed by atoms with Gasteiger partial charge in [-0.1, -0.05) is 72.8 Å². The summed E-state index contributed by atoms with van der Waals surface area (Å²) in [6.45, 7) is 0. The van der Waals surface area contributed by atoms with Crippen molar-refractivity contribution in [1.82, 2.24) is 19.9 Å². The number of nitrogens with zero attached hydrogens (tertiary/aromatic N) is 2. The zero-order valence-corrected chi connectivity index (χ0v) is 28.9. The lowest BCUT2D eigenvalue weighted by atomic mass is 10.0. The predicted molar refractivity (Wildman–Crippen MR) is 207 cm³/mol. The van der Waals surface area contributed by atoms with Gasteiger partial charge in [0.25, 0.3) is 0 Å². The van der Waals surface area contributed by atoms with Crippen LogP contribution in [0.3, 0.4) is 0 Å². The molecule has 5 nitrogen and oxygen atoms in total. The van der Waals surface area contributed by atoms with Gasteiger partial charge in [-0.15, -0.1) is 0 Å². The number of hydrogen-bond acceptors (Lipinski definition) is 3. The van der Waals surface area contributed by atoms with Crippen molar-refractivity contribution in [2.45, 2.75) is 0 Å². The van der Waals surface area contributed by atoms with E-state index in [0.717, 1.165) is 27.8 Å². The highest BCUT2D eigenvalue weighted by molar-refractivity contribution is 6.00. The number of benzene rings is 4. The molecule has 2 aliphatic rings. The van der Waals surface area contributed by atoms with E-state index in [9.17, 15) is 13.2 Å². The van der Waals surface area contributed by atoms with E-state index < -0.39 is 34.6 Å². The molecule has 4 aromatic carbocycles. The largest absolute Gasteiger partial charge is 0.497 e. The van der Waals surface area contributed by atoms with Crippen LogP contribution in [0, 0.1) is 29.1 Å². The summed E-state index contributed by atoms with van der Waals surface area (Å²) in [6.07, 6.45) is 6.96. The first-order chi connectivity index (χ1) is 26.8. The minimum Gasteiger partial charge on any atom is -0.497 e. The molecule has 0 saturated carbocycles. The zero-order valence-electron chi connectivity index (χ0n) is 28.9. The number of halogens is 5. The Balaban J connectivity index is 1.50. The quantitative estimate of drug-likeness (QED) is 0.105. The van der Waals surface area contributed by atoms with E-state index in [1.807, 2.05) is 97.1 Å². The van der Waals surface area contributed by atoms with Crippen molar-refractivity contribution < 1.29 is 26.7 Å². The fraction of sp³-hybridized carbons (Fsp3) is 0.0222. The summed E-state index contributed by atoms with van der Waals surface area (Å²) in [5.74, 6) is -9.71. The molecule has 0 radical (unpaired) electrons. The predicted octanol–water partition coefficient (Wildman–Crippen LogP) is 12.0. The number of fused-ring (bicyclic) bond motifs is 8. The summed E-state index contributed by atoms with van der Waals surface area (Å²) in [5, 5.41) is 0. The third-order valence-electron chi connectivity index (χ3n) is 9.72. The second kappa shape index (κ2) is 13.4. The van der Waals surface area contributed by atoms with Crippen molar-refractivity contribution >= 4 is 46.4 Å². The van der Waals surface area contributed by atoms with Crippen molar-refractivity contribution in [3.8, 4) is 50.3 Å². The van der Waals surface area contributed by atoms with Crippen molar-refractivity contribution in [3.63, 3.8) is 0 Å². The number of aromatic nitrogens is 4. The Bertz CT molecular complexity index is 2870. The number of H-pyrrole nitrogens is 2. The molecule has 268 valence electrons. The minimum atomic E-state index is -2.25. The third kappa shape index (κ3) is 5.70. The topological polar surface area (TPSA) is 66.6 Å². The molecule has 5 heterocycles. The standard InChI is InChI=1S/C45H27F5N4O/c1-55-27-14-12-26(13-15-27)38-32-19-18-29(52-32)36(24-8-4-2-5-9-24)28-16-17-30(51-28)37(25-10-6-3-7-11-25)31-20-22-34(53-31)39(35-23-21-33(38)54-35)40-41(46)43(48)45(50)44(49)42(40)47/h2-23,51,54H,1H3. The van der Waals surface area contributed by atoms with Gasteiger partial charge in [-0.2, -0.15) is 0 Å². The fourth-order valence-electron chi connectivity index (χ4n) is 7.17. The first-order valence-corrected chi connectivity index (χ1v) is 17.2. The Labute approximate surface area is 310 Å². The maximum absolute atomic E-state index is 15.8. The fourth-order valence-corrected chi connectivity index (χ4v) is 7.17. The molecular weight excluding hydrogens is 708 g/mol. The van der Waals surface area contributed by atoms with Crippen LogP contribution in [-0.2, 0) is 0 Å². The molecule has 0 aliphatic carbocycles. The van der Waals surface area contributed by atoms with Gasteiger partial charge in [-0.25, -0.2) is 31.9 Å². The van der Waals surface area contributed by atoms with Crippen molar-refractivity contribution in [1.29, 1.82) is 0 Å². The first kappa shape index (κ1) is 33.7. The van der Waals surface area contributed by atoms with Gasteiger partial charge in [0.1, 0.15) is 5.75 Å². The Hall–Kier alpha value is -7.07. The second-order valence-corrected chi connectivity index (χ2v) is 12.9. The smallest absolute Gasteiger partial charge is 0.200 e. The SMILES string of the molecule is COc1ccc(-c2c3nc(c(-c4ccccc4)c4ccc([nH]4)c(-c4ccccc4)c4nc(c(-c5c(F)c(F)c(F)c(F)c5F)c5ccc2[nH]5)C=C4)C=C3)cc1. The molecular formula is C45H27F5N4O. The molecule has 0 atom stereocenters. The number of aromatic amines is 2. The number of hydrogen-bond donors (Lipinski definition) is 2. The number of nitrogens with one attached hydrogen (secondary N) is 2. The van der Waals surface area contributed by atoms with Crippen LogP contribution in [-0.4, -0.2) is 27.0 Å². The lowest BCUT2D eigenvalue weighted by Gasteiger charge is -2.10. The first-order valence-electron chi connectivity index (χ1n) is 17.2. The Kier molecular flexibility index (Phi) is 8.23. The molecule has 7 aromatic rings. The van der Waals surface area contributed by atoms with Gasteiger partial charge in [-0.3, -0.25) is 0 Å². The molecule has 55 heavy (non-hydrogen) atoms. The van der Waals surface area contributed by atoms with Crippen LogP contribution in [0.5, 0.6) is 5.75 Å².